The second-order valence-corrected chi connectivity index (χ2v) is 7.55. The van der Waals surface area contributed by atoms with Crippen LogP contribution in [0.1, 0.15) is 37.7 Å². The van der Waals surface area contributed by atoms with Crippen LogP contribution < -0.4 is 11.1 Å². The number of hydrogen-bond donors (Lipinski definition) is 2. The van der Waals surface area contributed by atoms with Crippen molar-refractivity contribution < 1.29 is 9.59 Å². The highest BCUT2D eigenvalue weighted by Gasteiger charge is 2.39. The number of hydrogen-bond acceptors (Lipinski definition) is 4. The van der Waals surface area contributed by atoms with Gasteiger partial charge in [-0.3, -0.25) is 14.5 Å². The molecule has 1 aromatic rings. The third kappa shape index (κ3) is 4.83. The summed E-state index contributed by atoms with van der Waals surface area (Å²) in [7, 11) is 0. The first kappa shape index (κ1) is 18.9. The van der Waals surface area contributed by atoms with Gasteiger partial charge >= 0.3 is 0 Å². The van der Waals surface area contributed by atoms with Gasteiger partial charge in [-0.15, -0.1) is 0 Å². The first-order chi connectivity index (χ1) is 12.6. The number of carbonyl (C=O) groups excluding carboxylic acids is 2. The Labute approximate surface area is 155 Å². The van der Waals surface area contributed by atoms with Gasteiger partial charge in [0, 0.05) is 32.7 Å². The second-order valence-electron chi connectivity index (χ2n) is 7.55. The molecular weight excluding hydrogens is 328 g/mol. The summed E-state index contributed by atoms with van der Waals surface area (Å²) < 4.78 is 0. The summed E-state index contributed by atoms with van der Waals surface area (Å²) in [5.41, 5.74) is 6.81. The minimum atomic E-state index is -0.659. The van der Waals surface area contributed by atoms with E-state index in [2.05, 4.69) is 10.2 Å². The summed E-state index contributed by atoms with van der Waals surface area (Å²) >= 11 is 0. The quantitative estimate of drug-likeness (QED) is 0.826. The van der Waals surface area contributed by atoms with Crippen molar-refractivity contribution in [1.82, 2.24) is 15.1 Å². The highest BCUT2D eigenvalue weighted by Crippen LogP contribution is 2.28. The fourth-order valence-electron chi connectivity index (χ4n) is 3.88. The summed E-state index contributed by atoms with van der Waals surface area (Å²) in [6.45, 7) is 3.69. The molecule has 2 fully saturated rings. The van der Waals surface area contributed by atoms with Crippen LogP contribution in [0.15, 0.2) is 30.3 Å². The van der Waals surface area contributed by atoms with E-state index in [-0.39, 0.29) is 11.8 Å². The van der Waals surface area contributed by atoms with Crippen LogP contribution in [-0.2, 0) is 16.1 Å². The third-order valence-electron chi connectivity index (χ3n) is 5.53. The van der Waals surface area contributed by atoms with E-state index in [4.69, 9.17) is 5.73 Å². The van der Waals surface area contributed by atoms with Gasteiger partial charge in [0.25, 0.3) is 0 Å². The maximum absolute atomic E-state index is 12.8. The molecule has 2 amide bonds. The molecule has 1 saturated heterocycles. The first-order valence-corrected chi connectivity index (χ1v) is 9.68. The van der Waals surface area contributed by atoms with Crippen LogP contribution in [0.25, 0.3) is 0 Å². The molecule has 3 rings (SSSR count). The van der Waals surface area contributed by atoms with E-state index in [0.717, 1.165) is 44.3 Å². The number of benzene rings is 1. The van der Waals surface area contributed by atoms with Crippen LogP contribution in [-0.4, -0.2) is 59.9 Å². The summed E-state index contributed by atoms with van der Waals surface area (Å²) in [5, 5.41) is 2.96. The average molecular weight is 358 g/mol. The molecular formula is C20H30N4O2. The molecule has 1 aliphatic heterocycles. The van der Waals surface area contributed by atoms with Crippen LogP contribution in [0, 0.1) is 0 Å². The molecule has 0 atom stereocenters. The van der Waals surface area contributed by atoms with Crippen LogP contribution in [0.2, 0.25) is 0 Å². The molecule has 6 nitrogen and oxygen atoms in total. The molecule has 6 heteroatoms. The highest BCUT2D eigenvalue weighted by molar-refractivity contribution is 5.86. The van der Waals surface area contributed by atoms with Crippen molar-refractivity contribution in [3.8, 4) is 0 Å². The number of piperazine rings is 1. The van der Waals surface area contributed by atoms with Gasteiger partial charge in [-0.1, -0.05) is 49.6 Å². The van der Waals surface area contributed by atoms with Crippen molar-refractivity contribution in [3.05, 3.63) is 35.9 Å². The molecule has 0 aromatic heterocycles. The highest BCUT2D eigenvalue weighted by atomic mass is 16.2. The molecule has 1 saturated carbocycles. The Morgan fingerprint density at radius 2 is 1.65 bits per heavy atom. The summed E-state index contributed by atoms with van der Waals surface area (Å²) in [6, 6.07) is 9.89. The lowest BCUT2D eigenvalue weighted by Gasteiger charge is -2.40. The normalized spacial score (nSPS) is 20.6. The number of nitrogens with two attached hydrogens (primary N) is 1. The Hall–Kier alpha value is -1.92. The predicted octanol–water partition coefficient (Wildman–Crippen LogP) is 1.11. The van der Waals surface area contributed by atoms with E-state index < -0.39 is 5.54 Å². The molecule has 0 bridgehead atoms. The van der Waals surface area contributed by atoms with Gasteiger partial charge in [-0.05, 0) is 18.4 Å². The SMILES string of the molecule is NC1(C(=O)N2CCN(CC(=O)NCc3ccccc3)CC2)CCCCC1. The van der Waals surface area contributed by atoms with Gasteiger partial charge in [0.2, 0.25) is 11.8 Å². The molecule has 0 radical (unpaired) electrons. The maximum Gasteiger partial charge on any atom is 0.242 e. The van der Waals surface area contributed by atoms with E-state index in [1.54, 1.807) is 0 Å². The van der Waals surface area contributed by atoms with Gasteiger partial charge in [0.1, 0.15) is 0 Å². The van der Waals surface area contributed by atoms with Gasteiger partial charge in [-0.2, -0.15) is 0 Å². The van der Waals surface area contributed by atoms with E-state index >= 15 is 0 Å². The van der Waals surface area contributed by atoms with Crippen molar-refractivity contribution in [1.29, 1.82) is 0 Å². The molecule has 142 valence electrons. The number of amides is 2. The van der Waals surface area contributed by atoms with Crippen molar-refractivity contribution in [3.63, 3.8) is 0 Å². The van der Waals surface area contributed by atoms with Crippen LogP contribution >= 0.6 is 0 Å². The number of nitrogens with zero attached hydrogens (tertiary/aromatic N) is 2. The minimum Gasteiger partial charge on any atom is -0.351 e. The molecule has 1 aromatic carbocycles. The van der Waals surface area contributed by atoms with E-state index in [1.807, 2.05) is 35.2 Å². The number of rotatable bonds is 5. The number of carbonyl (C=O) groups is 2. The fraction of sp³-hybridized carbons (Fsp3) is 0.600. The summed E-state index contributed by atoms with van der Waals surface area (Å²) in [6.07, 6.45) is 4.87. The van der Waals surface area contributed by atoms with Crippen molar-refractivity contribution in [2.24, 2.45) is 5.73 Å². The summed E-state index contributed by atoms with van der Waals surface area (Å²) in [5.74, 6) is 0.126. The van der Waals surface area contributed by atoms with E-state index in [9.17, 15) is 9.59 Å². The monoisotopic (exact) mass is 358 g/mol. The second kappa shape index (κ2) is 8.64. The lowest BCUT2D eigenvalue weighted by molar-refractivity contribution is -0.140. The fourth-order valence-corrected chi connectivity index (χ4v) is 3.88. The molecule has 2 aliphatic rings. The zero-order valence-electron chi connectivity index (χ0n) is 15.5. The first-order valence-electron chi connectivity index (χ1n) is 9.68. The van der Waals surface area contributed by atoms with Gasteiger partial charge in [0.05, 0.1) is 12.1 Å². The number of nitrogens with one attached hydrogen (secondary N) is 1. The molecule has 0 spiro atoms. The van der Waals surface area contributed by atoms with Gasteiger partial charge in [-0.25, -0.2) is 0 Å². The lowest BCUT2D eigenvalue weighted by Crippen LogP contribution is -2.60. The largest absolute Gasteiger partial charge is 0.351 e. The third-order valence-corrected chi connectivity index (χ3v) is 5.53. The Balaban J connectivity index is 1.40. The van der Waals surface area contributed by atoms with Crippen LogP contribution in [0.5, 0.6) is 0 Å². The summed E-state index contributed by atoms with van der Waals surface area (Å²) in [4.78, 5) is 28.9. The zero-order valence-corrected chi connectivity index (χ0v) is 15.5. The Kier molecular flexibility index (Phi) is 6.27. The molecule has 3 N–H and O–H groups in total. The van der Waals surface area contributed by atoms with E-state index in [0.29, 0.717) is 26.2 Å². The minimum absolute atomic E-state index is 0.0243. The molecule has 1 heterocycles. The molecule has 26 heavy (non-hydrogen) atoms. The predicted molar refractivity (Wildman–Crippen MR) is 101 cm³/mol. The van der Waals surface area contributed by atoms with Crippen LogP contribution in [0.3, 0.4) is 0 Å². The van der Waals surface area contributed by atoms with Crippen molar-refractivity contribution >= 4 is 11.8 Å². The Bertz CT molecular complexity index is 605. The standard InChI is InChI=1S/C20H30N4O2/c21-20(9-5-2-6-10-20)19(26)24-13-11-23(12-14-24)16-18(25)22-15-17-7-3-1-4-8-17/h1,3-4,7-8H,2,5-6,9-16,21H2,(H,22,25). The Morgan fingerprint density at radius 3 is 2.31 bits per heavy atom. The lowest BCUT2D eigenvalue weighted by atomic mass is 9.81. The molecule has 1 aliphatic carbocycles. The topological polar surface area (TPSA) is 78.7 Å². The van der Waals surface area contributed by atoms with Gasteiger partial charge < -0.3 is 16.0 Å². The Morgan fingerprint density at radius 1 is 1.00 bits per heavy atom. The van der Waals surface area contributed by atoms with Crippen molar-refractivity contribution in [2.45, 2.75) is 44.2 Å². The van der Waals surface area contributed by atoms with Crippen molar-refractivity contribution in [2.75, 3.05) is 32.7 Å². The van der Waals surface area contributed by atoms with Crippen LogP contribution in [0.4, 0.5) is 0 Å². The van der Waals surface area contributed by atoms with E-state index in [1.165, 1.54) is 6.42 Å². The molecule has 0 unspecified atom stereocenters. The average Bonchev–Trinajstić information content (AvgIpc) is 2.68. The maximum atomic E-state index is 12.8. The smallest absolute Gasteiger partial charge is 0.242 e. The zero-order chi connectivity index (χ0) is 18.4. The van der Waals surface area contributed by atoms with Gasteiger partial charge in [0.15, 0.2) is 0 Å².